The Kier molecular flexibility index (Phi) is 4.18. The number of aliphatic hydroxyl groups excluding tert-OH is 1. The van der Waals surface area contributed by atoms with Crippen molar-refractivity contribution in [3.63, 3.8) is 0 Å². The molecule has 0 aliphatic heterocycles. The van der Waals surface area contributed by atoms with E-state index in [4.69, 9.17) is 0 Å². The third-order valence-corrected chi connectivity index (χ3v) is 5.36. The Balaban J connectivity index is 1.28. The molecule has 3 atom stereocenters. The van der Waals surface area contributed by atoms with Gasteiger partial charge in [0, 0.05) is 43.1 Å². The van der Waals surface area contributed by atoms with Crippen molar-refractivity contribution in [1.29, 1.82) is 0 Å². The van der Waals surface area contributed by atoms with E-state index < -0.39 is 0 Å². The molecule has 1 unspecified atom stereocenters. The molecule has 124 valence electrons. The maximum Gasteiger partial charge on any atom is 0.0696 e. The van der Waals surface area contributed by atoms with Crippen molar-refractivity contribution in [1.82, 2.24) is 25.3 Å². The van der Waals surface area contributed by atoms with Crippen LogP contribution in [-0.2, 0) is 13.1 Å². The topological polar surface area (TPSA) is 78.8 Å². The predicted molar refractivity (Wildman–Crippen MR) is 86.8 cm³/mol. The van der Waals surface area contributed by atoms with Crippen molar-refractivity contribution in [2.45, 2.75) is 63.3 Å². The Morgan fingerprint density at radius 1 is 1.35 bits per heavy atom. The molecule has 23 heavy (non-hydrogen) atoms. The van der Waals surface area contributed by atoms with E-state index in [1.165, 1.54) is 25.0 Å². The van der Waals surface area contributed by atoms with Crippen molar-refractivity contribution in [2.24, 2.45) is 5.92 Å². The van der Waals surface area contributed by atoms with E-state index in [1.807, 2.05) is 16.9 Å². The number of aliphatic hydroxyl groups is 1. The largest absolute Gasteiger partial charge is 0.391 e. The highest BCUT2D eigenvalue weighted by atomic mass is 16.3. The molecule has 0 aromatic carbocycles. The average Bonchev–Trinajstić information content (AvgIpc) is 3.18. The number of H-pyrrole nitrogens is 1. The van der Waals surface area contributed by atoms with Crippen LogP contribution in [0.3, 0.4) is 0 Å². The first kappa shape index (κ1) is 14.9. The molecule has 0 spiro atoms. The number of nitrogens with zero attached hydrogens (tertiary/aromatic N) is 3. The molecular formula is C17H25N5O. The van der Waals surface area contributed by atoms with E-state index in [9.17, 15) is 5.11 Å². The SMILES string of the molecule is O[C@@H]1CC(Cn2cccn2)C[C@H]1NCc1cc(C2CCC2)n[nH]1. The van der Waals surface area contributed by atoms with Gasteiger partial charge in [-0.05, 0) is 43.7 Å². The fraction of sp³-hybridized carbons (Fsp3) is 0.647. The van der Waals surface area contributed by atoms with Gasteiger partial charge in [0.05, 0.1) is 11.8 Å². The van der Waals surface area contributed by atoms with Gasteiger partial charge in [-0.3, -0.25) is 9.78 Å². The number of rotatable bonds is 6. The molecule has 0 amide bonds. The van der Waals surface area contributed by atoms with Gasteiger partial charge >= 0.3 is 0 Å². The Bertz CT molecular complexity index is 619. The molecule has 2 aliphatic carbocycles. The minimum absolute atomic E-state index is 0.158. The normalized spacial score (nSPS) is 28.1. The lowest BCUT2D eigenvalue weighted by molar-refractivity contribution is 0.145. The van der Waals surface area contributed by atoms with Crippen molar-refractivity contribution < 1.29 is 5.11 Å². The summed E-state index contributed by atoms with van der Waals surface area (Å²) in [6.45, 7) is 1.63. The quantitative estimate of drug-likeness (QED) is 0.759. The molecule has 6 heteroatoms. The highest BCUT2D eigenvalue weighted by Gasteiger charge is 2.33. The third kappa shape index (κ3) is 3.33. The number of aromatic nitrogens is 4. The highest BCUT2D eigenvalue weighted by molar-refractivity contribution is 5.15. The maximum atomic E-state index is 10.3. The zero-order valence-corrected chi connectivity index (χ0v) is 13.4. The van der Waals surface area contributed by atoms with Gasteiger partial charge in [-0.25, -0.2) is 0 Å². The summed E-state index contributed by atoms with van der Waals surface area (Å²) in [5, 5.41) is 25.6. The molecule has 0 saturated heterocycles. The van der Waals surface area contributed by atoms with E-state index in [0.29, 0.717) is 11.8 Å². The fourth-order valence-electron chi connectivity index (χ4n) is 3.78. The lowest BCUT2D eigenvalue weighted by atomic mass is 9.83. The van der Waals surface area contributed by atoms with Gasteiger partial charge in [0.25, 0.3) is 0 Å². The van der Waals surface area contributed by atoms with Gasteiger partial charge in [-0.2, -0.15) is 10.2 Å². The number of aromatic amines is 1. The van der Waals surface area contributed by atoms with E-state index in [0.717, 1.165) is 31.6 Å². The molecule has 6 nitrogen and oxygen atoms in total. The Morgan fingerprint density at radius 2 is 2.26 bits per heavy atom. The minimum Gasteiger partial charge on any atom is -0.391 e. The van der Waals surface area contributed by atoms with E-state index >= 15 is 0 Å². The summed E-state index contributed by atoms with van der Waals surface area (Å²) >= 11 is 0. The number of hydrogen-bond acceptors (Lipinski definition) is 4. The highest BCUT2D eigenvalue weighted by Crippen LogP contribution is 2.35. The smallest absolute Gasteiger partial charge is 0.0696 e. The summed E-state index contributed by atoms with van der Waals surface area (Å²) < 4.78 is 1.96. The Morgan fingerprint density at radius 3 is 3.00 bits per heavy atom. The minimum atomic E-state index is -0.274. The molecule has 4 rings (SSSR count). The van der Waals surface area contributed by atoms with Crippen LogP contribution >= 0.6 is 0 Å². The van der Waals surface area contributed by atoms with Crippen LogP contribution in [0, 0.1) is 5.92 Å². The van der Waals surface area contributed by atoms with Crippen molar-refractivity contribution in [3.8, 4) is 0 Å². The monoisotopic (exact) mass is 315 g/mol. The lowest BCUT2D eigenvalue weighted by Crippen LogP contribution is -2.35. The van der Waals surface area contributed by atoms with Crippen LogP contribution in [-0.4, -0.2) is 37.2 Å². The molecule has 2 saturated carbocycles. The van der Waals surface area contributed by atoms with Crippen molar-refractivity contribution in [3.05, 3.63) is 35.9 Å². The molecule has 0 bridgehead atoms. The van der Waals surface area contributed by atoms with Crippen LogP contribution in [0.15, 0.2) is 24.5 Å². The van der Waals surface area contributed by atoms with E-state index in [2.05, 4.69) is 26.7 Å². The summed E-state index contributed by atoms with van der Waals surface area (Å²) in [6, 6.07) is 4.28. The summed E-state index contributed by atoms with van der Waals surface area (Å²) in [5.41, 5.74) is 2.33. The first-order valence-electron chi connectivity index (χ1n) is 8.71. The second-order valence-electron chi connectivity index (χ2n) is 7.07. The third-order valence-electron chi connectivity index (χ3n) is 5.36. The van der Waals surface area contributed by atoms with Crippen LogP contribution in [0.1, 0.15) is 49.4 Å². The summed E-state index contributed by atoms with van der Waals surface area (Å²) in [6.07, 6.45) is 9.22. The van der Waals surface area contributed by atoms with Gasteiger partial charge in [-0.1, -0.05) is 6.42 Å². The van der Waals surface area contributed by atoms with Gasteiger partial charge in [0.2, 0.25) is 0 Å². The van der Waals surface area contributed by atoms with Gasteiger partial charge in [0.1, 0.15) is 0 Å². The maximum absolute atomic E-state index is 10.3. The van der Waals surface area contributed by atoms with Crippen LogP contribution in [0.2, 0.25) is 0 Å². The molecule has 2 heterocycles. The molecular weight excluding hydrogens is 290 g/mol. The average molecular weight is 315 g/mol. The number of nitrogens with one attached hydrogen (secondary N) is 2. The van der Waals surface area contributed by atoms with Crippen LogP contribution in [0.4, 0.5) is 0 Å². The van der Waals surface area contributed by atoms with E-state index in [1.54, 1.807) is 6.20 Å². The standard InChI is InChI=1S/C17H25N5O/c23-17-8-12(11-22-6-2-5-19-22)7-16(17)18-10-14-9-15(21-20-14)13-3-1-4-13/h2,5-6,9,12-13,16-18,23H,1,3-4,7-8,10-11H2,(H,20,21)/t12?,16-,17-/m1/s1. The summed E-state index contributed by atoms with van der Waals surface area (Å²) in [7, 11) is 0. The molecule has 2 aromatic heterocycles. The Hall–Kier alpha value is -1.66. The van der Waals surface area contributed by atoms with Gasteiger partial charge in [-0.15, -0.1) is 0 Å². The lowest BCUT2D eigenvalue weighted by Gasteiger charge is -2.22. The molecule has 2 fully saturated rings. The van der Waals surface area contributed by atoms with Crippen LogP contribution < -0.4 is 5.32 Å². The van der Waals surface area contributed by atoms with Crippen LogP contribution in [0.5, 0.6) is 0 Å². The predicted octanol–water partition coefficient (Wildman–Crippen LogP) is 1.80. The first-order chi connectivity index (χ1) is 11.3. The first-order valence-corrected chi connectivity index (χ1v) is 8.71. The number of hydrogen-bond donors (Lipinski definition) is 3. The van der Waals surface area contributed by atoms with Crippen molar-refractivity contribution >= 4 is 0 Å². The summed E-state index contributed by atoms with van der Waals surface area (Å²) in [4.78, 5) is 0. The second kappa shape index (κ2) is 6.45. The molecule has 0 radical (unpaired) electrons. The van der Waals surface area contributed by atoms with E-state index in [-0.39, 0.29) is 12.1 Å². The Labute approximate surface area is 136 Å². The van der Waals surface area contributed by atoms with Crippen LogP contribution in [0.25, 0.3) is 0 Å². The summed E-state index contributed by atoms with van der Waals surface area (Å²) in [5.74, 6) is 1.14. The molecule has 2 aromatic rings. The molecule has 2 aliphatic rings. The second-order valence-corrected chi connectivity index (χ2v) is 7.07. The zero-order chi connectivity index (χ0) is 15.6. The van der Waals surface area contributed by atoms with Gasteiger partial charge < -0.3 is 10.4 Å². The fourth-order valence-corrected chi connectivity index (χ4v) is 3.78. The van der Waals surface area contributed by atoms with Crippen molar-refractivity contribution in [2.75, 3.05) is 0 Å². The molecule has 3 N–H and O–H groups in total. The van der Waals surface area contributed by atoms with Gasteiger partial charge in [0.15, 0.2) is 0 Å². The zero-order valence-electron chi connectivity index (χ0n) is 13.4.